The van der Waals surface area contributed by atoms with Crippen molar-refractivity contribution in [3.8, 4) is 0 Å². The number of hydrogen-bond donors (Lipinski definition) is 1. The van der Waals surface area contributed by atoms with E-state index in [9.17, 15) is 0 Å². The second-order valence-corrected chi connectivity index (χ2v) is 5.11. The monoisotopic (exact) mass is 275 g/mol. The normalized spacial score (nSPS) is 21.6. The van der Waals surface area contributed by atoms with Crippen LogP contribution in [0, 0.1) is 0 Å². The van der Waals surface area contributed by atoms with Gasteiger partial charge in [0, 0.05) is 16.8 Å². The first-order valence-corrected chi connectivity index (χ1v) is 6.09. The van der Waals surface area contributed by atoms with Crippen LogP contribution in [0.5, 0.6) is 0 Å². The molecule has 0 bridgehead atoms. The third-order valence-electron chi connectivity index (χ3n) is 3.06. The molecule has 1 N–H and O–H groups in total. The molecule has 1 unspecified atom stereocenters. The highest BCUT2D eigenvalue weighted by Gasteiger charge is 2.26. The largest absolute Gasteiger partial charge is 0.411 e. The molecule has 3 rings (SSSR count). The van der Waals surface area contributed by atoms with Gasteiger partial charge in [-0.05, 0) is 28.5 Å². The Morgan fingerprint density at radius 2 is 1.88 bits per heavy atom. The van der Waals surface area contributed by atoms with E-state index in [-0.39, 0.29) is 4.83 Å². The number of alkyl halides is 1. The van der Waals surface area contributed by atoms with Gasteiger partial charge in [-0.1, -0.05) is 45.4 Å². The molecule has 0 saturated carbocycles. The zero-order valence-corrected chi connectivity index (χ0v) is 10.1. The predicted molar refractivity (Wildman–Crippen MR) is 68.6 cm³/mol. The van der Waals surface area contributed by atoms with Gasteiger partial charge in [0.1, 0.15) is 0 Å². The molecule has 1 aliphatic carbocycles. The summed E-state index contributed by atoms with van der Waals surface area (Å²) in [4.78, 5) is 0.262. The van der Waals surface area contributed by atoms with Gasteiger partial charge in [0.2, 0.25) is 0 Å². The molecule has 2 nitrogen and oxygen atoms in total. The number of rotatable bonds is 0. The Bertz CT molecular complexity index is 592. The topological polar surface area (TPSA) is 32.6 Å². The highest BCUT2D eigenvalue weighted by atomic mass is 79.9. The molecule has 80 valence electrons. The van der Waals surface area contributed by atoms with Crippen LogP contribution in [0.1, 0.15) is 22.4 Å². The summed E-state index contributed by atoms with van der Waals surface area (Å²) < 4.78 is 0. The highest BCUT2D eigenvalue weighted by molar-refractivity contribution is 9.09. The number of fused-ring (bicyclic) bond motifs is 2. The molecule has 0 radical (unpaired) electrons. The first-order chi connectivity index (χ1) is 7.79. The molecule has 2 aromatic rings. The van der Waals surface area contributed by atoms with Crippen LogP contribution in [0.4, 0.5) is 0 Å². The summed E-state index contributed by atoms with van der Waals surface area (Å²) >= 11 is 3.61. The van der Waals surface area contributed by atoms with Gasteiger partial charge in [0.25, 0.3) is 0 Å². The molecule has 2 aromatic carbocycles. The quantitative estimate of drug-likeness (QED) is 0.442. The van der Waals surface area contributed by atoms with Crippen molar-refractivity contribution < 1.29 is 5.21 Å². The highest BCUT2D eigenvalue weighted by Crippen LogP contribution is 2.39. The van der Waals surface area contributed by atoms with Crippen LogP contribution in [0.15, 0.2) is 41.6 Å². The number of hydrogen-bond acceptors (Lipinski definition) is 2. The smallest absolute Gasteiger partial charge is 0.0885 e. The SMILES string of the molecule is ON=C1CC(Br)c2cc3ccccc3cc21. The van der Waals surface area contributed by atoms with Crippen molar-refractivity contribution in [1.29, 1.82) is 0 Å². The Labute approximate surface area is 102 Å². The lowest BCUT2D eigenvalue weighted by Gasteiger charge is -2.04. The minimum atomic E-state index is 0.262. The fourth-order valence-corrected chi connectivity index (χ4v) is 2.94. The molecular weight excluding hydrogens is 266 g/mol. The minimum absolute atomic E-state index is 0.262. The average Bonchev–Trinajstić information content (AvgIpc) is 2.63. The van der Waals surface area contributed by atoms with E-state index in [0.29, 0.717) is 0 Å². The lowest BCUT2D eigenvalue weighted by Crippen LogP contribution is -1.93. The molecule has 0 amide bonds. The summed E-state index contributed by atoms with van der Waals surface area (Å²) in [7, 11) is 0. The summed E-state index contributed by atoms with van der Waals surface area (Å²) in [5.74, 6) is 0. The number of oxime groups is 1. The molecule has 16 heavy (non-hydrogen) atoms. The Balaban J connectivity index is 2.33. The van der Waals surface area contributed by atoms with Crippen molar-refractivity contribution >= 4 is 32.4 Å². The van der Waals surface area contributed by atoms with E-state index in [0.717, 1.165) is 17.7 Å². The Morgan fingerprint density at radius 3 is 2.56 bits per heavy atom. The van der Waals surface area contributed by atoms with Gasteiger partial charge in [0.15, 0.2) is 0 Å². The van der Waals surface area contributed by atoms with E-state index >= 15 is 0 Å². The van der Waals surface area contributed by atoms with Crippen LogP contribution in [0.3, 0.4) is 0 Å². The van der Waals surface area contributed by atoms with E-state index in [2.05, 4.69) is 45.4 Å². The first-order valence-electron chi connectivity index (χ1n) is 5.17. The van der Waals surface area contributed by atoms with E-state index < -0.39 is 0 Å². The van der Waals surface area contributed by atoms with Crippen molar-refractivity contribution in [2.75, 3.05) is 0 Å². The zero-order valence-electron chi connectivity index (χ0n) is 8.52. The van der Waals surface area contributed by atoms with E-state index in [1.807, 2.05) is 12.1 Å². The van der Waals surface area contributed by atoms with Crippen molar-refractivity contribution in [2.45, 2.75) is 11.2 Å². The van der Waals surface area contributed by atoms with Crippen molar-refractivity contribution in [3.63, 3.8) is 0 Å². The van der Waals surface area contributed by atoms with Crippen molar-refractivity contribution in [3.05, 3.63) is 47.5 Å². The Hall–Kier alpha value is -1.35. The molecule has 0 aliphatic heterocycles. The molecular formula is C13H10BrNO. The molecule has 1 atom stereocenters. The van der Waals surface area contributed by atoms with Crippen LogP contribution >= 0.6 is 15.9 Å². The van der Waals surface area contributed by atoms with Gasteiger partial charge in [-0.25, -0.2) is 0 Å². The summed E-state index contributed by atoms with van der Waals surface area (Å²) in [5.41, 5.74) is 3.04. The molecule has 0 heterocycles. The van der Waals surface area contributed by atoms with Gasteiger partial charge >= 0.3 is 0 Å². The number of halogens is 1. The standard InChI is InChI=1S/C13H10BrNO/c14-12-7-13(15-16)11-6-9-4-2-1-3-8(9)5-10(11)12/h1-6,12,16H,7H2. The fourth-order valence-electron chi connectivity index (χ4n) is 2.25. The molecule has 0 saturated heterocycles. The number of benzene rings is 2. The van der Waals surface area contributed by atoms with Gasteiger partial charge in [-0.2, -0.15) is 0 Å². The van der Waals surface area contributed by atoms with Crippen LogP contribution < -0.4 is 0 Å². The number of nitrogens with zero attached hydrogens (tertiary/aromatic N) is 1. The summed E-state index contributed by atoms with van der Waals surface area (Å²) in [6.45, 7) is 0. The maximum Gasteiger partial charge on any atom is 0.0885 e. The maximum atomic E-state index is 8.97. The van der Waals surface area contributed by atoms with Crippen LogP contribution in [0.25, 0.3) is 10.8 Å². The summed E-state index contributed by atoms with van der Waals surface area (Å²) in [6, 6.07) is 12.5. The third-order valence-corrected chi connectivity index (χ3v) is 3.88. The van der Waals surface area contributed by atoms with Crippen molar-refractivity contribution in [1.82, 2.24) is 0 Å². The van der Waals surface area contributed by atoms with E-state index in [1.54, 1.807) is 0 Å². The Morgan fingerprint density at radius 1 is 1.19 bits per heavy atom. The maximum absolute atomic E-state index is 8.97. The molecule has 0 spiro atoms. The summed E-state index contributed by atoms with van der Waals surface area (Å²) in [5, 5.41) is 14.8. The van der Waals surface area contributed by atoms with Gasteiger partial charge in [0.05, 0.1) is 5.71 Å². The third kappa shape index (κ3) is 1.35. The lowest BCUT2D eigenvalue weighted by atomic mass is 10.0. The van der Waals surface area contributed by atoms with Crippen LogP contribution in [-0.4, -0.2) is 10.9 Å². The second-order valence-electron chi connectivity index (χ2n) is 4.00. The van der Waals surface area contributed by atoms with E-state index in [4.69, 9.17) is 5.21 Å². The first kappa shape index (κ1) is 9.85. The van der Waals surface area contributed by atoms with Gasteiger partial charge < -0.3 is 5.21 Å². The minimum Gasteiger partial charge on any atom is -0.411 e. The van der Waals surface area contributed by atoms with Crippen LogP contribution in [-0.2, 0) is 0 Å². The van der Waals surface area contributed by atoms with Gasteiger partial charge in [-0.15, -0.1) is 0 Å². The average molecular weight is 276 g/mol. The molecule has 0 aromatic heterocycles. The lowest BCUT2D eigenvalue weighted by molar-refractivity contribution is 0.318. The fraction of sp³-hybridized carbons (Fsp3) is 0.154. The predicted octanol–water partition coefficient (Wildman–Crippen LogP) is 3.86. The molecule has 1 aliphatic rings. The molecule has 3 heteroatoms. The Kier molecular flexibility index (Phi) is 2.21. The van der Waals surface area contributed by atoms with Crippen LogP contribution in [0.2, 0.25) is 0 Å². The molecule has 0 fully saturated rings. The second kappa shape index (κ2) is 3.59. The van der Waals surface area contributed by atoms with Gasteiger partial charge in [-0.3, -0.25) is 0 Å². The van der Waals surface area contributed by atoms with Crippen molar-refractivity contribution in [2.24, 2.45) is 5.16 Å². The zero-order chi connectivity index (χ0) is 11.1. The summed E-state index contributed by atoms with van der Waals surface area (Å²) in [6.07, 6.45) is 0.752. The van der Waals surface area contributed by atoms with E-state index in [1.165, 1.54) is 16.3 Å².